The highest BCUT2D eigenvalue weighted by atomic mass is 14.9. The molecular formula is C16H21N3. The van der Waals surface area contributed by atoms with E-state index in [4.69, 9.17) is 5.73 Å². The molecule has 19 heavy (non-hydrogen) atoms. The number of nitrogens with zero attached hydrogens (tertiary/aromatic N) is 2. The van der Waals surface area contributed by atoms with Gasteiger partial charge in [-0.15, -0.1) is 0 Å². The second-order valence-corrected chi connectivity index (χ2v) is 4.70. The van der Waals surface area contributed by atoms with Crippen molar-refractivity contribution in [1.82, 2.24) is 9.97 Å². The maximum absolute atomic E-state index is 5.52. The van der Waals surface area contributed by atoms with Gasteiger partial charge < -0.3 is 5.73 Å². The lowest BCUT2D eigenvalue weighted by atomic mass is 10.1. The zero-order chi connectivity index (χ0) is 13.5. The van der Waals surface area contributed by atoms with Crippen LogP contribution in [0, 0.1) is 0 Å². The standard InChI is InChI=1S/C16H21N3/c1-2-4-13-6-8-14(9-7-13)15-10-12-18-16(19-15)5-3-11-17/h6-10,12H,2-5,11,17H2,1H3. The molecule has 0 aliphatic carbocycles. The third-order valence-corrected chi connectivity index (χ3v) is 3.10. The van der Waals surface area contributed by atoms with Gasteiger partial charge in [-0.3, -0.25) is 0 Å². The van der Waals surface area contributed by atoms with E-state index in [1.54, 1.807) is 0 Å². The number of aryl methyl sites for hydroxylation is 2. The zero-order valence-electron chi connectivity index (χ0n) is 11.5. The Kier molecular flexibility index (Phi) is 5.04. The summed E-state index contributed by atoms with van der Waals surface area (Å²) in [5, 5.41) is 0. The molecule has 100 valence electrons. The number of hydrogen-bond acceptors (Lipinski definition) is 3. The number of hydrogen-bond donors (Lipinski definition) is 1. The van der Waals surface area contributed by atoms with Crippen molar-refractivity contribution in [3.8, 4) is 11.3 Å². The van der Waals surface area contributed by atoms with Crippen molar-refractivity contribution in [3.05, 3.63) is 47.9 Å². The van der Waals surface area contributed by atoms with Gasteiger partial charge in [0.2, 0.25) is 0 Å². The van der Waals surface area contributed by atoms with Crippen molar-refractivity contribution in [1.29, 1.82) is 0 Å². The van der Waals surface area contributed by atoms with E-state index in [0.29, 0.717) is 6.54 Å². The molecule has 2 N–H and O–H groups in total. The smallest absolute Gasteiger partial charge is 0.128 e. The Balaban J connectivity index is 2.16. The predicted molar refractivity (Wildman–Crippen MR) is 78.8 cm³/mol. The maximum Gasteiger partial charge on any atom is 0.128 e. The highest BCUT2D eigenvalue weighted by molar-refractivity contribution is 5.58. The SMILES string of the molecule is CCCc1ccc(-c2ccnc(CCCN)n2)cc1. The number of benzene rings is 1. The molecular weight excluding hydrogens is 234 g/mol. The molecule has 0 unspecified atom stereocenters. The van der Waals surface area contributed by atoms with Crippen LogP contribution >= 0.6 is 0 Å². The molecule has 0 saturated carbocycles. The normalized spacial score (nSPS) is 10.6. The zero-order valence-corrected chi connectivity index (χ0v) is 11.5. The van der Waals surface area contributed by atoms with Gasteiger partial charge in [-0.05, 0) is 31.0 Å². The fourth-order valence-corrected chi connectivity index (χ4v) is 2.07. The minimum atomic E-state index is 0.680. The first kappa shape index (κ1) is 13.7. The molecule has 0 spiro atoms. The van der Waals surface area contributed by atoms with Crippen LogP contribution in [0.5, 0.6) is 0 Å². The van der Waals surface area contributed by atoms with E-state index in [1.165, 1.54) is 12.0 Å². The van der Waals surface area contributed by atoms with Crippen molar-refractivity contribution in [2.45, 2.75) is 32.6 Å². The van der Waals surface area contributed by atoms with Crippen LogP contribution in [0.1, 0.15) is 31.2 Å². The van der Waals surface area contributed by atoms with Gasteiger partial charge in [0.1, 0.15) is 5.82 Å². The van der Waals surface area contributed by atoms with Crippen molar-refractivity contribution in [2.24, 2.45) is 5.73 Å². The van der Waals surface area contributed by atoms with Crippen LogP contribution in [-0.4, -0.2) is 16.5 Å². The van der Waals surface area contributed by atoms with Gasteiger partial charge in [0.15, 0.2) is 0 Å². The van der Waals surface area contributed by atoms with E-state index in [9.17, 15) is 0 Å². The van der Waals surface area contributed by atoms with E-state index >= 15 is 0 Å². The summed E-state index contributed by atoms with van der Waals surface area (Å²) in [6.07, 6.45) is 5.91. The van der Waals surface area contributed by atoms with Crippen LogP contribution in [0.2, 0.25) is 0 Å². The Morgan fingerprint density at radius 2 is 1.84 bits per heavy atom. The first-order chi connectivity index (χ1) is 9.33. The van der Waals surface area contributed by atoms with Gasteiger partial charge >= 0.3 is 0 Å². The van der Waals surface area contributed by atoms with Crippen LogP contribution in [-0.2, 0) is 12.8 Å². The molecule has 1 heterocycles. The molecule has 1 aromatic heterocycles. The van der Waals surface area contributed by atoms with Gasteiger partial charge in [-0.25, -0.2) is 9.97 Å². The summed E-state index contributed by atoms with van der Waals surface area (Å²) < 4.78 is 0. The molecule has 0 aliphatic rings. The van der Waals surface area contributed by atoms with Crippen LogP contribution < -0.4 is 5.73 Å². The molecule has 1 aromatic carbocycles. The van der Waals surface area contributed by atoms with Crippen LogP contribution in [0.15, 0.2) is 36.5 Å². The summed E-state index contributed by atoms with van der Waals surface area (Å²) in [7, 11) is 0. The predicted octanol–water partition coefficient (Wildman–Crippen LogP) is 2.99. The van der Waals surface area contributed by atoms with Crippen molar-refractivity contribution in [3.63, 3.8) is 0 Å². The van der Waals surface area contributed by atoms with Gasteiger partial charge in [-0.1, -0.05) is 37.6 Å². The lowest BCUT2D eigenvalue weighted by Gasteiger charge is -2.05. The molecule has 0 radical (unpaired) electrons. The fourth-order valence-electron chi connectivity index (χ4n) is 2.07. The molecule has 3 nitrogen and oxygen atoms in total. The van der Waals surface area contributed by atoms with E-state index in [-0.39, 0.29) is 0 Å². The molecule has 0 aliphatic heterocycles. The minimum absolute atomic E-state index is 0.680. The molecule has 0 bridgehead atoms. The molecule has 2 rings (SSSR count). The third kappa shape index (κ3) is 3.86. The van der Waals surface area contributed by atoms with Crippen LogP contribution in [0.4, 0.5) is 0 Å². The average molecular weight is 255 g/mol. The van der Waals surface area contributed by atoms with Gasteiger partial charge in [-0.2, -0.15) is 0 Å². The number of rotatable bonds is 6. The Hall–Kier alpha value is -1.74. The van der Waals surface area contributed by atoms with E-state index < -0.39 is 0 Å². The third-order valence-electron chi connectivity index (χ3n) is 3.10. The average Bonchev–Trinajstić information content (AvgIpc) is 2.46. The number of aromatic nitrogens is 2. The highest BCUT2D eigenvalue weighted by Gasteiger charge is 2.02. The summed E-state index contributed by atoms with van der Waals surface area (Å²) in [4.78, 5) is 8.87. The van der Waals surface area contributed by atoms with Crippen molar-refractivity contribution >= 4 is 0 Å². The Bertz CT molecular complexity index is 506. The fraction of sp³-hybridized carbons (Fsp3) is 0.375. The topological polar surface area (TPSA) is 51.8 Å². The summed E-state index contributed by atoms with van der Waals surface area (Å²) in [5.74, 6) is 0.876. The summed E-state index contributed by atoms with van der Waals surface area (Å²) >= 11 is 0. The molecule has 0 atom stereocenters. The second kappa shape index (κ2) is 7.00. The Morgan fingerprint density at radius 3 is 2.53 bits per heavy atom. The Labute approximate surface area is 114 Å². The van der Waals surface area contributed by atoms with E-state index in [2.05, 4.69) is 41.2 Å². The largest absolute Gasteiger partial charge is 0.330 e. The summed E-state index contributed by atoms with van der Waals surface area (Å²) in [6.45, 7) is 2.88. The van der Waals surface area contributed by atoms with E-state index in [1.807, 2.05) is 12.3 Å². The quantitative estimate of drug-likeness (QED) is 0.863. The Morgan fingerprint density at radius 1 is 1.05 bits per heavy atom. The lowest BCUT2D eigenvalue weighted by molar-refractivity contribution is 0.782. The second-order valence-electron chi connectivity index (χ2n) is 4.70. The highest BCUT2D eigenvalue weighted by Crippen LogP contribution is 2.18. The van der Waals surface area contributed by atoms with Gasteiger partial charge in [0.05, 0.1) is 5.69 Å². The minimum Gasteiger partial charge on any atom is -0.330 e. The van der Waals surface area contributed by atoms with Crippen molar-refractivity contribution < 1.29 is 0 Å². The van der Waals surface area contributed by atoms with Crippen LogP contribution in [0.3, 0.4) is 0 Å². The molecule has 0 saturated heterocycles. The maximum atomic E-state index is 5.52. The summed E-state index contributed by atoms with van der Waals surface area (Å²) in [6, 6.07) is 10.6. The first-order valence-electron chi connectivity index (χ1n) is 6.94. The summed E-state index contributed by atoms with van der Waals surface area (Å²) in [5.41, 5.74) is 9.03. The first-order valence-corrected chi connectivity index (χ1v) is 6.94. The molecule has 3 heteroatoms. The molecule has 2 aromatic rings. The van der Waals surface area contributed by atoms with E-state index in [0.717, 1.165) is 36.3 Å². The van der Waals surface area contributed by atoms with Gasteiger partial charge in [0, 0.05) is 18.2 Å². The number of nitrogens with two attached hydrogens (primary N) is 1. The molecule has 0 fully saturated rings. The van der Waals surface area contributed by atoms with Crippen molar-refractivity contribution in [2.75, 3.05) is 6.54 Å². The van der Waals surface area contributed by atoms with Crippen LogP contribution in [0.25, 0.3) is 11.3 Å². The molecule has 0 amide bonds. The lowest BCUT2D eigenvalue weighted by Crippen LogP contribution is -2.03. The monoisotopic (exact) mass is 255 g/mol. The van der Waals surface area contributed by atoms with Gasteiger partial charge in [0.25, 0.3) is 0 Å².